The van der Waals surface area contributed by atoms with Gasteiger partial charge in [0.2, 0.25) is 0 Å². The molecule has 32 heavy (non-hydrogen) atoms. The smallest absolute Gasteiger partial charge is 0.260 e. The maximum atomic E-state index is 13.1. The molecular weight excluding hydrogens is 431 g/mol. The van der Waals surface area contributed by atoms with Crippen LogP contribution in [0.3, 0.4) is 0 Å². The number of ether oxygens (including phenoxy) is 1. The van der Waals surface area contributed by atoms with Gasteiger partial charge in [0.25, 0.3) is 5.91 Å². The summed E-state index contributed by atoms with van der Waals surface area (Å²) < 4.78 is 18.7. The van der Waals surface area contributed by atoms with Crippen molar-refractivity contribution in [3.05, 3.63) is 94.8 Å². The van der Waals surface area contributed by atoms with Gasteiger partial charge in [0.05, 0.1) is 0 Å². The van der Waals surface area contributed by atoms with Gasteiger partial charge >= 0.3 is 0 Å². The number of anilines is 1. The van der Waals surface area contributed by atoms with Crippen molar-refractivity contribution < 1.29 is 18.7 Å². The summed E-state index contributed by atoms with van der Waals surface area (Å²) in [6.45, 7) is 2.45. The van der Waals surface area contributed by atoms with E-state index in [1.165, 1.54) is 12.1 Å². The number of amides is 1. The number of nitrogens with zero attached hydrogens (tertiary/aromatic N) is 2. The molecule has 0 aliphatic carbocycles. The number of ketones is 1. The highest BCUT2D eigenvalue weighted by Gasteiger charge is 2.21. The van der Waals surface area contributed by atoms with Crippen molar-refractivity contribution in [2.45, 2.75) is 0 Å². The predicted octanol–water partition coefficient (Wildman–Crippen LogP) is 4.44. The highest BCUT2D eigenvalue weighted by molar-refractivity contribution is 6.30. The van der Waals surface area contributed by atoms with Gasteiger partial charge in [0, 0.05) is 48.0 Å². The summed E-state index contributed by atoms with van der Waals surface area (Å²) in [5.74, 6) is 0.0615. The van der Waals surface area contributed by atoms with Crippen molar-refractivity contribution in [3.63, 3.8) is 0 Å². The van der Waals surface area contributed by atoms with Gasteiger partial charge in [-0.05, 0) is 72.8 Å². The quantitative estimate of drug-likeness (QED) is 0.519. The Morgan fingerprint density at radius 2 is 1.38 bits per heavy atom. The van der Waals surface area contributed by atoms with E-state index in [0.717, 1.165) is 5.69 Å². The Morgan fingerprint density at radius 3 is 1.97 bits per heavy atom. The second-order valence-corrected chi connectivity index (χ2v) is 7.93. The van der Waals surface area contributed by atoms with Crippen LogP contribution in [0.15, 0.2) is 72.8 Å². The van der Waals surface area contributed by atoms with E-state index in [4.69, 9.17) is 16.3 Å². The summed E-state index contributed by atoms with van der Waals surface area (Å²) in [5, 5.41) is 0.576. The third kappa shape index (κ3) is 5.26. The number of benzene rings is 3. The van der Waals surface area contributed by atoms with Crippen LogP contribution in [0.2, 0.25) is 5.02 Å². The van der Waals surface area contributed by atoms with Crippen molar-refractivity contribution in [1.29, 1.82) is 0 Å². The van der Waals surface area contributed by atoms with Gasteiger partial charge in [-0.2, -0.15) is 0 Å². The van der Waals surface area contributed by atoms with Crippen LogP contribution in [-0.2, 0) is 4.79 Å². The van der Waals surface area contributed by atoms with Gasteiger partial charge in [-0.3, -0.25) is 9.59 Å². The Bertz CT molecular complexity index is 1080. The lowest BCUT2D eigenvalue weighted by molar-refractivity contribution is -0.133. The molecule has 0 N–H and O–H groups in total. The molecule has 1 aliphatic rings. The fourth-order valence-corrected chi connectivity index (χ4v) is 3.70. The average Bonchev–Trinajstić information content (AvgIpc) is 2.83. The molecule has 0 unspecified atom stereocenters. The Morgan fingerprint density at radius 1 is 0.812 bits per heavy atom. The van der Waals surface area contributed by atoms with Crippen molar-refractivity contribution in [2.24, 2.45) is 0 Å². The first-order valence-electron chi connectivity index (χ1n) is 10.3. The van der Waals surface area contributed by atoms with E-state index in [1.54, 1.807) is 65.6 Å². The molecule has 4 rings (SSSR count). The van der Waals surface area contributed by atoms with E-state index in [0.29, 0.717) is 48.1 Å². The van der Waals surface area contributed by atoms with Crippen LogP contribution < -0.4 is 9.64 Å². The Kier molecular flexibility index (Phi) is 6.71. The Labute approximate surface area is 191 Å². The average molecular weight is 453 g/mol. The molecular formula is C25H22ClFN2O3. The largest absolute Gasteiger partial charge is 0.484 e. The maximum absolute atomic E-state index is 13.1. The maximum Gasteiger partial charge on any atom is 0.260 e. The first kappa shape index (κ1) is 21.8. The van der Waals surface area contributed by atoms with Gasteiger partial charge in [0.1, 0.15) is 11.6 Å². The van der Waals surface area contributed by atoms with Crippen LogP contribution in [0.25, 0.3) is 0 Å². The van der Waals surface area contributed by atoms with Crippen LogP contribution >= 0.6 is 11.6 Å². The third-order valence-corrected chi connectivity index (χ3v) is 5.66. The lowest BCUT2D eigenvalue weighted by atomic mass is 10.0. The van der Waals surface area contributed by atoms with Crippen molar-refractivity contribution in [1.82, 2.24) is 4.90 Å². The summed E-state index contributed by atoms with van der Waals surface area (Å²) in [4.78, 5) is 28.9. The number of rotatable bonds is 6. The van der Waals surface area contributed by atoms with Crippen LogP contribution in [0.1, 0.15) is 15.9 Å². The molecule has 0 spiro atoms. The lowest BCUT2D eigenvalue weighted by Gasteiger charge is -2.36. The van der Waals surface area contributed by atoms with Gasteiger partial charge in [-0.1, -0.05) is 11.6 Å². The highest BCUT2D eigenvalue weighted by atomic mass is 35.5. The van der Waals surface area contributed by atoms with E-state index >= 15 is 0 Å². The molecule has 5 nitrogen and oxygen atoms in total. The Balaban J connectivity index is 1.26. The molecule has 0 bridgehead atoms. The van der Waals surface area contributed by atoms with E-state index in [-0.39, 0.29) is 24.1 Å². The summed E-state index contributed by atoms with van der Waals surface area (Å²) in [6, 6.07) is 19.8. The molecule has 3 aromatic rings. The molecule has 0 atom stereocenters. The molecule has 3 aromatic carbocycles. The van der Waals surface area contributed by atoms with Crippen molar-refractivity contribution >= 4 is 29.0 Å². The van der Waals surface area contributed by atoms with Crippen molar-refractivity contribution in [2.75, 3.05) is 37.7 Å². The topological polar surface area (TPSA) is 49.9 Å². The first-order chi connectivity index (χ1) is 15.5. The number of hydrogen-bond donors (Lipinski definition) is 0. The second-order valence-electron chi connectivity index (χ2n) is 7.49. The zero-order chi connectivity index (χ0) is 22.5. The molecule has 1 saturated heterocycles. The number of hydrogen-bond acceptors (Lipinski definition) is 4. The molecule has 1 aliphatic heterocycles. The first-order valence-corrected chi connectivity index (χ1v) is 10.7. The summed E-state index contributed by atoms with van der Waals surface area (Å²) in [5.41, 5.74) is 2.03. The van der Waals surface area contributed by atoms with Crippen LogP contribution in [-0.4, -0.2) is 49.4 Å². The predicted molar refractivity (Wildman–Crippen MR) is 122 cm³/mol. The summed E-state index contributed by atoms with van der Waals surface area (Å²) >= 11 is 5.87. The van der Waals surface area contributed by atoms with Crippen molar-refractivity contribution in [3.8, 4) is 5.75 Å². The monoisotopic (exact) mass is 452 g/mol. The fourth-order valence-electron chi connectivity index (χ4n) is 3.57. The fraction of sp³-hybridized carbons (Fsp3) is 0.200. The summed E-state index contributed by atoms with van der Waals surface area (Å²) in [7, 11) is 0. The van der Waals surface area contributed by atoms with Crippen LogP contribution in [0, 0.1) is 5.82 Å². The Hall–Kier alpha value is -3.38. The lowest BCUT2D eigenvalue weighted by Crippen LogP contribution is -2.50. The minimum atomic E-state index is -0.262. The standard InChI is InChI=1S/C25H22ClFN2O3/c26-20-5-1-18(2-6-20)25(31)19-3-11-23(12-4-19)32-17-24(30)29-15-13-28(14-16-29)22-9-7-21(27)8-10-22/h1-12H,13-17H2. The molecule has 0 saturated carbocycles. The number of carbonyl (C=O) groups excluding carboxylic acids is 2. The molecule has 1 fully saturated rings. The van der Waals surface area contributed by atoms with Gasteiger partial charge in [-0.25, -0.2) is 4.39 Å². The normalized spacial score (nSPS) is 13.7. The van der Waals surface area contributed by atoms with Gasteiger partial charge in [-0.15, -0.1) is 0 Å². The third-order valence-electron chi connectivity index (χ3n) is 5.41. The second kappa shape index (κ2) is 9.83. The highest BCUT2D eigenvalue weighted by Crippen LogP contribution is 2.19. The van der Waals surface area contributed by atoms with E-state index in [2.05, 4.69) is 4.90 Å². The van der Waals surface area contributed by atoms with E-state index in [9.17, 15) is 14.0 Å². The van der Waals surface area contributed by atoms with E-state index in [1.807, 2.05) is 0 Å². The molecule has 1 amide bonds. The SMILES string of the molecule is O=C(c1ccc(Cl)cc1)c1ccc(OCC(=O)N2CCN(c3ccc(F)cc3)CC2)cc1. The van der Waals surface area contributed by atoms with Gasteiger partial charge in [0.15, 0.2) is 12.4 Å². The number of piperazine rings is 1. The molecule has 164 valence electrons. The number of carbonyl (C=O) groups is 2. The number of halogens is 2. The molecule has 0 radical (unpaired) electrons. The molecule has 0 aromatic heterocycles. The zero-order valence-corrected chi connectivity index (χ0v) is 18.1. The summed E-state index contributed by atoms with van der Waals surface area (Å²) in [6.07, 6.45) is 0. The molecule has 1 heterocycles. The van der Waals surface area contributed by atoms with Crippen LogP contribution in [0.5, 0.6) is 5.75 Å². The van der Waals surface area contributed by atoms with E-state index < -0.39 is 0 Å². The zero-order valence-electron chi connectivity index (χ0n) is 17.3. The minimum Gasteiger partial charge on any atom is -0.484 e. The van der Waals surface area contributed by atoms with Gasteiger partial charge < -0.3 is 14.5 Å². The minimum absolute atomic E-state index is 0.0684. The molecule has 7 heteroatoms. The van der Waals surface area contributed by atoms with Crippen LogP contribution in [0.4, 0.5) is 10.1 Å².